The van der Waals surface area contributed by atoms with Crippen molar-refractivity contribution in [1.29, 1.82) is 5.26 Å². The highest BCUT2D eigenvalue weighted by Gasteiger charge is 2.51. The van der Waals surface area contributed by atoms with E-state index in [0.29, 0.717) is 62.8 Å². The van der Waals surface area contributed by atoms with Crippen molar-refractivity contribution in [3.8, 4) is 11.8 Å². The predicted molar refractivity (Wildman–Crippen MR) is 124 cm³/mol. The van der Waals surface area contributed by atoms with Gasteiger partial charge in [0.05, 0.1) is 30.9 Å². The molecule has 6 nitrogen and oxygen atoms in total. The van der Waals surface area contributed by atoms with Crippen LogP contribution in [0.1, 0.15) is 34.8 Å². The van der Waals surface area contributed by atoms with Crippen molar-refractivity contribution < 1.29 is 27.4 Å². The highest BCUT2D eigenvalue weighted by Crippen LogP contribution is 2.45. The number of amides is 1. The molecule has 2 saturated heterocycles. The highest BCUT2D eigenvalue weighted by atomic mass is 19.4. The lowest BCUT2D eigenvalue weighted by Crippen LogP contribution is -2.49. The SMILES string of the molecule is CCOCC12CCN(c3ccc(C#N)c(C(F)(F)F)c3)CC1CN(C(=O)c1ccc(OC)cc1)C2. The first-order chi connectivity index (χ1) is 16.7. The van der Waals surface area contributed by atoms with Crippen molar-refractivity contribution in [2.45, 2.75) is 19.5 Å². The second-order valence-electron chi connectivity index (χ2n) is 9.15. The summed E-state index contributed by atoms with van der Waals surface area (Å²) in [5.41, 5.74) is -0.572. The average Bonchev–Trinajstić information content (AvgIpc) is 3.25. The normalized spacial score (nSPS) is 22.0. The molecule has 2 unspecified atom stereocenters. The van der Waals surface area contributed by atoms with Crippen LogP contribution in [0.25, 0.3) is 0 Å². The fourth-order valence-electron chi connectivity index (χ4n) is 5.19. The van der Waals surface area contributed by atoms with Crippen LogP contribution in [0.15, 0.2) is 42.5 Å². The van der Waals surface area contributed by atoms with E-state index in [0.717, 1.165) is 6.07 Å². The number of methoxy groups -OCH3 is 1. The second kappa shape index (κ2) is 9.78. The molecule has 2 atom stereocenters. The standard InChI is InChI=1S/C26H28F3N3O3/c1-3-35-17-25-10-11-31(21-7-4-19(13-30)23(12-21)26(27,28)29)14-20(25)15-32(16-25)24(33)18-5-8-22(34-2)9-6-18/h4-9,12,20H,3,10-11,14-17H2,1-2H3. The molecule has 186 valence electrons. The summed E-state index contributed by atoms with van der Waals surface area (Å²) in [6.07, 6.45) is -3.92. The van der Waals surface area contributed by atoms with Crippen LogP contribution in [0.3, 0.4) is 0 Å². The first-order valence-electron chi connectivity index (χ1n) is 11.6. The van der Waals surface area contributed by atoms with E-state index >= 15 is 0 Å². The first-order valence-corrected chi connectivity index (χ1v) is 11.6. The molecule has 0 bridgehead atoms. The van der Waals surface area contributed by atoms with Gasteiger partial charge in [-0.25, -0.2) is 0 Å². The lowest BCUT2D eigenvalue weighted by molar-refractivity contribution is -0.137. The molecule has 0 saturated carbocycles. The molecule has 0 spiro atoms. The second-order valence-corrected chi connectivity index (χ2v) is 9.15. The molecule has 35 heavy (non-hydrogen) atoms. The van der Waals surface area contributed by atoms with Gasteiger partial charge < -0.3 is 19.3 Å². The molecule has 2 aromatic carbocycles. The van der Waals surface area contributed by atoms with E-state index in [2.05, 4.69) is 0 Å². The number of piperidine rings is 1. The lowest BCUT2D eigenvalue weighted by Gasteiger charge is -2.44. The summed E-state index contributed by atoms with van der Waals surface area (Å²) in [6, 6.07) is 12.5. The van der Waals surface area contributed by atoms with Crippen molar-refractivity contribution in [3.63, 3.8) is 0 Å². The number of benzene rings is 2. The number of halogens is 3. The third-order valence-corrected chi connectivity index (χ3v) is 7.14. The van der Waals surface area contributed by atoms with Crippen LogP contribution >= 0.6 is 0 Å². The Balaban J connectivity index is 1.57. The van der Waals surface area contributed by atoms with E-state index in [9.17, 15) is 18.0 Å². The zero-order valence-electron chi connectivity index (χ0n) is 19.8. The van der Waals surface area contributed by atoms with Crippen LogP contribution in [0.2, 0.25) is 0 Å². The van der Waals surface area contributed by atoms with E-state index in [1.165, 1.54) is 6.07 Å². The van der Waals surface area contributed by atoms with Crippen molar-refractivity contribution in [1.82, 2.24) is 4.90 Å². The van der Waals surface area contributed by atoms with Gasteiger partial charge in [-0.1, -0.05) is 0 Å². The maximum Gasteiger partial charge on any atom is 0.417 e. The van der Waals surface area contributed by atoms with Crippen molar-refractivity contribution in [2.75, 3.05) is 51.4 Å². The van der Waals surface area contributed by atoms with Gasteiger partial charge in [-0.3, -0.25) is 4.79 Å². The van der Waals surface area contributed by atoms with Crippen LogP contribution in [0.4, 0.5) is 18.9 Å². The summed E-state index contributed by atoms with van der Waals surface area (Å²) >= 11 is 0. The Labute approximate surface area is 202 Å². The van der Waals surface area contributed by atoms with Crippen LogP contribution in [-0.2, 0) is 10.9 Å². The molecule has 2 aliphatic rings. The minimum absolute atomic E-state index is 0.0370. The van der Waals surface area contributed by atoms with Gasteiger partial charge in [-0.15, -0.1) is 0 Å². The topological polar surface area (TPSA) is 65.8 Å². The third kappa shape index (κ3) is 4.94. The third-order valence-electron chi connectivity index (χ3n) is 7.14. The van der Waals surface area contributed by atoms with Crippen molar-refractivity contribution in [2.24, 2.45) is 11.3 Å². The summed E-state index contributed by atoms with van der Waals surface area (Å²) in [5, 5.41) is 9.10. The van der Waals surface area contributed by atoms with Crippen LogP contribution in [-0.4, -0.2) is 57.3 Å². The summed E-state index contributed by atoms with van der Waals surface area (Å²) in [4.78, 5) is 17.0. The van der Waals surface area contributed by atoms with E-state index in [1.54, 1.807) is 43.5 Å². The molecule has 4 rings (SSSR count). The Morgan fingerprint density at radius 3 is 2.57 bits per heavy atom. The van der Waals surface area contributed by atoms with Gasteiger partial charge in [0.15, 0.2) is 0 Å². The number of nitrogens with zero attached hydrogens (tertiary/aromatic N) is 3. The van der Waals surface area contributed by atoms with Crippen LogP contribution in [0.5, 0.6) is 5.75 Å². The van der Waals surface area contributed by atoms with Crippen molar-refractivity contribution in [3.05, 3.63) is 59.2 Å². The number of rotatable bonds is 6. The quantitative estimate of drug-likeness (QED) is 0.596. The predicted octanol–water partition coefficient (Wildman–Crippen LogP) is 4.59. The van der Waals surface area contributed by atoms with Gasteiger partial charge in [0.1, 0.15) is 5.75 Å². The lowest BCUT2D eigenvalue weighted by atomic mass is 9.73. The molecule has 0 aromatic heterocycles. The summed E-state index contributed by atoms with van der Waals surface area (Å²) < 4.78 is 51.5. The first kappa shape index (κ1) is 24.9. The molecular formula is C26H28F3N3O3. The Hall–Kier alpha value is -3.25. The van der Waals surface area contributed by atoms with Gasteiger partial charge in [0.25, 0.3) is 5.91 Å². The number of fused-ring (bicyclic) bond motifs is 1. The fourth-order valence-corrected chi connectivity index (χ4v) is 5.19. The van der Waals surface area contributed by atoms with E-state index in [-0.39, 0.29) is 22.8 Å². The fraction of sp³-hybridized carbons (Fsp3) is 0.462. The number of alkyl halides is 3. The van der Waals surface area contributed by atoms with Gasteiger partial charge in [-0.2, -0.15) is 18.4 Å². The molecule has 0 aliphatic carbocycles. The molecule has 2 aromatic rings. The molecule has 2 heterocycles. The van der Waals surface area contributed by atoms with E-state index < -0.39 is 11.7 Å². The molecule has 2 aliphatic heterocycles. The minimum Gasteiger partial charge on any atom is -0.497 e. The highest BCUT2D eigenvalue weighted by molar-refractivity contribution is 5.94. The number of nitriles is 1. The zero-order chi connectivity index (χ0) is 25.2. The van der Waals surface area contributed by atoms with Crippen LogP contribution < -0.4 is 9.64 Å². The minimum atomic E-state index is -4.61. The van der Waals surface area contributed by atoms with Gasteiger partial charge in [-0.05, 0) is 55.8 Å². The van der Waals surface area contributed by atoms with Gasteiger partial charge in [0, 0.05) is 55.4 Å². The number of hydrogen-bond acceptors (Lipinski definition) is 5. The Kier molecular flexibility index (Phi) is 6.95. The van der Waals surface area contributed by atoms with Crippen LogP contribution in [0, 0.1) is 22.7 Å². The number of ether oxygens (including phenoxy) is 2. The van der Waals surface area contributed by atoms with E-state index in [4.69, 9.17) is 14.7 Å². The smallest absolute Gasteiger partial charge is 0.417 e. The van der Waals surface area contributed by atoms with Gasteiger partial charge >= 0.3 is 6.18 Å². The maximum atomic E-state index is 13.5. The van der Waals surface area contributed by atoms with E-state index in [1.807, 2.05) is 16.7 Å². The molecule has 2 fully saturated rings. The summed E-state index contributed by atoms with van der Waals surface area (Å²) in [6.45, 7) is 5.05. The number of carbonyl (C=O) groups excluding carboxylic acids is 1. The Bertz CT molecular complexity index is 1110. The van der Waals surface area contributed by atoms with Crippen molar-refractivity contribution >= 4 is 11.6 Å². The maximum absolute atomic E-state index is 13.5. The van der Waals surface area contributed by atoms with Gasteiger partial charge in [0.2, 0.25) is 0 Å². The molecule has 9 heteroatoms. The molecule has 1 amide bonds. The molecule has 0 N–H and O–H groups in total. The Morgan fingerprint density at radius 2 is 1.94 bits per heavy atom. The summed E-state index contributed by atoms with van der Waals surface area (Å²) in [7, 11) is 1.57. The number of carbonyl (C=O) groups is 1. The molecule has 0 radical (unpaired) electrons. The number of anilines is 1. The average molecular weight is 488 g/mol. The Morgan fingerprint density at radius 1 is 1.20 bits per heavy atom. The molecular weight excluding hydrogens is 459 g/mol. The number of likely N-dealkylation sites (tertiary alicyclic amines) is 1. The monoisotopic (exact) mass is 487 g/mol. The zero-order valence-corrected chi connectivity index (χ0v) is 19.8. The largest absolute Gasteiger partial charge is 0.497 e. The summed E-state index contributed by atoms with van der Waals surface area (Å²) in [5.74, 6) is 0.623. The number of hydrogen-bond donors (Lipinski definition) is 0.